The summed E-state index contributed by atoms with van der Waals surface area (Å²) < 4.78 is 1.40. The standard InChI is InChI=1S/C15H14ClN3O2/c1-9-12(6-7-20)15(21)19-14(17-9)8-13(18-19)10-2-4-11(16)5-3-10/h2-5,8,18,20H,6-7H2,1H3. The van der Waals surface area contributed by atoms with Gasteiger partial charge in [-0.25, -0.2) is 9.50 Å². The van der Waals surface area contributed by atoms with E-state index in [2.05, 4.69) is 10.1 Å². The summed E-state index contributed by atoms with van der Waals surface area (Å²) >= 11 is 5.88. The number of rotatable bonds is 3. The number of hydrogen-bond donors (Lipinski definition) is 2. The summed E-state index contributed by atoms with van der Waals surface area (Å²) in [5.41, 5.74) is 3.27. The molecular weight excluding hydrogens is 290 g/mol. The Balaban J connectivity index is 2.18. The zero-order valence-corrected chi connectivity index (χ0v) is 12.2. The molecule has 0 saturated carbocycles. The van der Waals surface area contributed by atoms with Gasteiger partial charge < -0.3 is 5.11 Å². The first-order valence-corrected chi connectivity index (χ1v) is 6.96. The third-order valence-corrected chi connectivity index (χ3v) is 3.68. The van der Waals surface area contributed by atoms with E-state index in [0.29, 0.717) is 28.3 Å². The van der Waals surface area contributed by atoms with E-state index >= 15 is 0 Å². The van der Waals surface area contributed by atoms with E-state index in [4.69, 9.17) is 16.7 Å². The van der Waals surface area contributed by atoms with E-state index in [-0.39, 0.29) is 12.2 Å². The average molecular weight is 304 g/mol. The van der Waals surface area contributed by atoms with Crippen molar-refractivity contribution in [3.05, 3.63) is 57.0 Å². The summed E-state index contributed by atoms with van der Waals surface area (Å²) in [7, 11) is 0. The van der Waals surface area contributed by atoms with Crippen LogP contribution in [0, 0.1) is 6.92 Å². The first kappa shape index (κ1) is 13.9. The molecule has 3 aromatic rings. The fraction of sp³-hybridized carbons (Fsp3) is 0.200. The van der Waals surface area contributed by atoms with Gasteiger partial charge in [0, 0.05) is 35.4 Å². The average Bonchev–Trinajstić information content (AvgIpc) is 2.88. The van der Waals surface area contributed by atoms with Crippen LogP contribution in [-0.2, 0) is 6.42 Å². The SMILES string of the molecule is Cc1nc2cc(-c3ccc(Cl)cc3)[nH]n2c(=O)c1CCO. The number of nitrogens with zero attached hydrogens (tertiary/aromatic N) is 2. The highest BCUT2D eigenvalue weighted by molar-refractivity contribution is 6.30. The first-order chi connectivity index (χ1) is 10.1. The van der Waals surface area contributed by atoms with Crippen LogP contribution in [0.2, 0.25) is 5.02 Å². The molecular formula is C15H14ClN3O2. The molecule has 0 aliphatic rings. The molecule has 0 spiro atoms. The number of aliphatic hydroxyl groups is 1. The van der Waals surface area contributed by atoms with Crippen molar-refractivity contribution in [1.29, 1.82) is 0 Å². The van der Waals surface area contributed by atoms with Crippen LogP contribution in [0.25, 0.3) is 16.9 Å². The normalized spacial score (nSPS) is 11.2. The molecule has 0 atom stereocenters. The Bertz CT molecular complexity index is 850. The van der Waals surface area contributed by atoms with Gasteiger partial charge in [0.25, 0.3) is 5.56 Å². The van der Waals surface area contributed by atoms with Crippen LogP contribution < -0.4 is 5.56 Å². The molecule has 0 fully saturated rings. The monoisotopic (exact) mass is 303 g/mol. The van der Waals surface area contributed by atoms with Gasteiger partial charge in [-0.05, 0) is 24.6 Å². The lowest BCUT2D eigenvalue weighted by Crippen LogP contribution is -2.22. The molecule has 0 aliphatic heterocycles. The highest BCUT2D eigenvalue weighted by atomic mass is 35.5. The third-order valence-electron chi connectivity index (χ3n) is 3.43. The van der Waals surface area contributed by atoms with Crippen LogP contribution in [0.4, 0.5) is 0 Å². The largest absolute Gasteiger partial charge is 0.396 e. The number of H-pyrrole nitrogens is 1. The molecule has 6 heteroatoms. The zero-order chi connectivity index (χ0) is 15.0. The van der Waals surface area contributed by atoms with Crippen LogP contribution in [0.1, 0.15) is 11.3 Å². The van der Waals surface area contributed by atoms with Crippen molar-refractivity contribution in [1.82, 2.24) is 14.6 Å². The molecule has 0 saturated heterocycles. The number of hydrogen-bond acceptors (Lipinski definition) is 3. The van der Waals surface area contributed by atoms with Crippen molar-refractivity contribution >= 4 is 17.2 Å². The van der Waals surface area contributed by atoms with Crippen molar-refractivity contribution < 1.29 is 5.11 Å². The van der Waals surface area contributed by atoms with E-state index in [1.165, 1.54) is 4.52 Å². The van der Waals surface area contributed by atoms with Crippen molar-refractivity contribution in [2.24, 2.45) is 0 Å². The maximum atomic E-state index is 12.4. The van der Waals surface area contributed by atoms with E-state index in [1.54, 1.807) is 19.1 Å². The van der Waals surface area contributed by atoms with Gasteiger partial charge in [0.2, 0.25) is 0 Å². The number of aryl methyl sites for hydroxylation is 1. The van der Waals surface area contributed by atoms with E-state index in [9.17, 15) is 4.79 Å². The molecule has 108 valence electrons. The first-order valence-electron chi connectivity index (χ1n) is 6.58. The van der Waals surface area contributed by atoms with Gasteiger partial charge in [0.05, 0.1) is 5.69 Å². The van der Waals surface area contributed by atoms with Crippen LogP contribution in [0.5, 0.6) is 0 Å². The maximum Gasteiger partial charge on any atom is 0.276 e. The Morgan fingerprint density at radius 2 is 2.05 bits per heavy atom. The van der Waals surface area contributed by atoms with Gasteiger partial charge in [0.1, 0.15) is 0 Å². The molecule has 5 nitrogen and oxygen atoms in total. The van der Waals surface area contributed by atoms with Gasteiger partial charge in [-0.3, -0.25) is 9.89 Å². The summed E-state index contributed by atoms with van der Waals surface area (Å²) in [6.07, 6.45) is 0.301. The predicted molar refractivity (Wildman–Crippen MR) is 81.8 cm³/mol. The number of nitrogens with one attached hydrogen (secondary N) is 1. The Labute approximate surface area is 125 Å². The molecule has 21 heavy (non-hydrogen) atoms. The molecule has 0 amide bonds. The molecule has 2 heterocycles. The molecule has 2 N–H and O–H groups in total. The highest BCUT2D eigenvalue weighted by Gasteiger charge is 2.12. The van der Waals surface area contributed by atoms with Crippen molar-refractivity contribution in [2.75, 3.05) is 6.61 Å². The molecule has 0 aliphatic carbocycles. The van der Waals surface area contributed by atoms with Crippen LogP contribution in [0.3, 0.4) is 0 Å². The predicted octanol–water partition coefficient (Wildman–Crippen LogP) is 2.19. The summed E-state index contributed by atoms with van der Waals surface area (Å²) in [4.78, 5) is 16.8. The second-order valence-corrected chi connectivity index (χ2v) is 5.26. The van der Waals surface area contributed by atoms with E-state index < -0.39 is 0 Å². The maximum absolute atomic E-state index is 12.4. The van der Waals surface area contributed by atoms with Gasteiger partial charge >= 0.3 is 0 Å². The van der Waals surface area contributed by atoms with Gasteiger partial charge in [-0.15, -0.1) is 0 Å². The lowest BCUT2D eigenvalue weighted by atomic mass is 10.1. The molecule has 3 rings (SSSR count). The topological polar surface area (TPSA) is 70.4 Å². The zero-order valence-electron chi connectivity index (χ0n) is 11.4. The second kappa shape index (κ2) is 5.35. The minimum absolute atomic E-state index is 0.0748. The van der Waals surface area contributed by atoms with Crippen molar-refractivity contribution in [3.8, 4) is 11.3 Å². The molecule has 0 bridgehead atoms. The summed E-state index contributed by atoms with van der Waals surface area (Å²) in [6.45, 7) is 1.70. The number of benzene rings is 1. The molecule has 1 aromatic carbocycles. The Hall–Kier alpha value is -2.11. The quantitative estimate of drug-likeness (QED) is 0.779. The summed E-state index contributed by atoms with van der Waals surface area (Å²) in [5.74, 6) is 0. The summed E-state index contributed by atoms with van der Waals surface area (Å²) in [5, 5.41) is 12.8. The lowest BCUT2D eigenvalue weighted by molar-refractivity contribution is 0.298. The van der Waals surface area contributed by atoms with Crippen LogP contribution in [-0.4, -0.2) is 26.3 Å². The Kier molecular flexibility index (Phi) is 3.53. The van der Waals surface area contributed by atoms with Gasteiger partial charge in [0.15, 0.2) is 5.65 Å². The molecule has 0 unspecified atom stereocenters. The Morgan fingerprint density at radius 3 is 2.71 bits per heavy atom. The van der Waals surface area contributed by atoms with E-state index in [0.717, 1.165) is 11.3 Å². The third kappa shape index (κ3) is 2.46. The number of aliphatic hydroxyl groups excluding tert-OH is 1. The van der Waals surface area contributed by atoms with Crippen molar-refractivity contribution in [2.45, 2.75) is 13.3 Å². The fourth-order valence-corrected chi connectivity index (χ4v) is 2.47. The van der Waals surface area contributed by atoms with Crippen LogP contribution >= 0.6 is 11.6 Å². The minimum Gasteiger partial charge on any atom is -0.396 e. The van der Waals surface area contributed by atoms with Gasteiger partial charge in [-0.2, -0.15) is 0 Å². The number of halogens is 1. The molecule has 0 radical (unpaired) electrons. The Morgan fingerprint density at radius 1 is 1.33 bits per heavy atom. The number of aromatic nitrogens is 3. The number of aromatic amines is 1. The second-order valence-electron chi connectivity index (χ2n) is 4.82. The lowest BCUT2D eigenvalue weighted by Gasteiger charge is -2.02. The van der Waals surface area contributed by atoms with E-state index in [1.807, 2.05) is 18.2 Å². The number of fused-ring (bicyclic) bond motifs is 1. The minimum atomic E-state index is -0.174. The van der Waals surface area contributed by atoms with Gasteiger partial charge in [-0.1, -0.05) is 23.7 Å². The molecule has 2 aromatic heterocycles. The smallest absolute Gasteiger partial charge is 0.276 e. The van der Waals surface area contributed by atoms with Crippen LogP contribution in [0.15, 0.2) is 35.1 Å². The van der Waals surface area contributed by atoms with Crippen molar-refractivity contribution in [3.63, 3.8) is 0 Å². The highest BCUT2D eigenvalue weighted by Crippen LogP contribution is 2.21. The summed E-state index contributed by atoms with van der Waals surface area (Å²) in [6, 6.07) is 9.15. The fourth-order valence-electron chi connectivity index (χ4n) is 2.35.